The lowest BCUT2D eigenvalue weighted by molar-refractivity contribution is 0.101. The zero-order valence-electron chi connectivity index (χ0n) is 7.75. The molecule has 0 saturated heterocycles. The van der Waals surface area contributed by atoms with E-state index in [1.807, 2.05) is 36.4 Å². The van der Waals surface area contributed by atoms with Gasteiger partial charge in [-0.05, 0) is 29.8 Å². The highest BCUT2D eigenvalue weighted by Crippen LogP contribution is 2.24. The van der Waals surface area contributed by atoms with Crippen molar-refractivity contribution in [3.63, 3.8) is 0 Å². The van der Waals surface area contributed by atoms with Crippen LogP contribution in [0.3, 0.4) is 0 Å². The van der Waals surface area contributed by atoms with Gasteiger partial charge in [-0.2, -0.15) is 0 Å². The largest absolute Gasteiger partial charge is 0.295 e. The average Bonchev–Trinajstić information content (AvgIpc) is 2.17. The number of benzene rings is 2. The van der Waals surface area contributed by atoms with Crippen LogP contribution in [0.2, 0.25) is 0 Å². The van der Waals surface area contributed by atoms with Gasteiger partial charge in [-0.25, -0.2) is 0 Å². The van der Waals surface area contributed by atoms with E-state index in [1.54, 1.807) is 6.92 Å². The Morgan fingerprint density at radius 2 is 2.00 bits per heavy atom. The van der Waals surface area contributed by atoms with E-state index in [0.29, 0.717) is 0 Å². The normalized spacial score (nSPS) is 10.4. The summed E-state index contributed by atoms with van der Waals surface area (Å²) in [5.41, 5.74) is 0.760. The lowest BCUT2D eigenvalue weighted by atomic mass is 10.1. The van der Waals surface area contributed by atoms with Gasteiger partial charge in [-0.1, -0.05) is 40.2 Å². The van der Waals surface area contributed by atoms with E-state index in [4.69, 9.17) is 0 Å². The highest BCUT2D eigenvalue weighted by molar-refractivity contribution is 9.10. The molecule has 0 radical (unpaired) electrons. The maximum atomic E-state index is 11.2. The smallest absolute Gasteiger partial charge is 0.159 e. The van der Waals surface area contributed by atoms with E-state index in [9.17, 15) is 4.79 Å². The third-order valence-corrected chi connectivity index (χ3v) is 2.93. The maximum absolute atomic E-state index is 11.2. The average molecular weight is 249 g/mol. The summed E-state index contributed by atoms with van der Waals surface area (Å²) in [5, 5.41) is 2.23. The molecule has 0 bridgehead atoms. The number of ketones is 1. The molecule has 2 aromatic rings. The minimum absolute atomic E-state index is 0.104. The van der Waals surface area contributed by atoms with Crippen LogP contribution in [-0.2, 0) is 0 Å². The predicted octanol–water partition coefficient (Wildman–Crippen LogP) is 3.80. The second-order valence-electron chi connectivity index (χ2n) is 3.23. The van der Waals surface area contributed by atoms with Crippen LogP contribution in [0.4, 0.5) is 0 Å². The summed E-state index contributed by atoms with van der Waals surface area (Å²) in [4.78, 5) is 11.2. The van der Waals surface area contributed by atoms with Gasteiger partial charge in [0.25, 0.3) is 0 Å². The first kappa shape index (κ1) is 9.41. The van der Waals surface area contributed by atoms with Crippen molar-refractivity contribution in [3.05, 3.63) is 46.4 Å². The Bertz CT molecular complexity index is 503. The standard InChI is InChI=1S/C12H9BrO/c1-8(14)9-5-6-11-10(7-9)3-2-4-12(11)13/h2-7H,1H3. The maximum Gasteiger partial charge on any atom is 0.159 e. The number of hydrogen-bond acceptors (Lipinski definition) is 1. The monoisotopic (exact) mass is 248 g/mol. The molecule has 0 fully saturated rings. The van der Waals surface area contributed by atoms with Gasteiger partial charge in [0, 0.05) is 10.0 Å². The van der Waals surface area contributed by atoms with E-state index in [2.05, 4.69) is 15.9 Å². The Balaban J connectivity index is 2.73. The van der Waals surface area contributed by atoms with Gasteiger partial charge < -0.3 is 0 Å². The summed E-state index contributed by atoms with van der Waals surface area (Å²) in [6.45, 7) is 1.58. The van der Waals surface area contributed by atoms with E-state index in [1.165, 1.54) is 0 Å². The first-order chi connectivity index (χ1) is 6.68. The summed E-state index contributed by atoms with van der Waals surface area (Å²) in [6, 6.07) is 11.7. The fraction of sp³-hybridized carbons (Fsp3) is 0.0833. The van der Waals surface area contributed by atoms with Crippen LogP contribution in [-0.4, -0.2) is 5.78 Å². The molecule has 0 aliphatic carbocycles. The number of Topliss-reactive ketones (excluding diaryl/α,β-unsaturated/α-hetero) is 1. The zero-order valence-corrected chi connectivity index (χ0v) is 9.34. The van der Waals surface area contributed by atoms with Crippen molar-refractivity contribution in [2.45, 2.75) is 6.92 Å². The number of carbonyl (C=O) groups excluding carboxylic acids is 1. The molecule has 1 nitrogen and oxygen atoms in total. The van der Waals surface area contributed by atoms with Crippen molar-refractivity contribution in [1.29, 1.82) is 0 Å². The van der Waals surface area contributed by atoms with Gasteiger partial charge in [-0.15, -0.1) is 0 Å². The van der Waals surface area contributed by atoms with E-state index < -0.39 is 0 Å². The van der Waals surface area contributed by atoms with Crippen molar-refractivity contribution in [1.82, 2.24) is 0 Å². The number of rotatable bonds is 1. The molecule has 2 aromatic carbocycles. The van der Waals surface area contributed by atoms with Crippen LogP contribution < -0.4 is 0 Å². The number of carbonyl (C=O) groups is 1. The van der Waals surface area contributed by atoms with Crippen LogP contribution >= 0.6 is 15.9 Å². The Kier molecular flexibility index (Phi) is 2.38. The molecular weight excluding hydrogens is 240 g/mol. The molecule has 0 atom stereocenters. The van der Waals surface area contributed by atoms with Gasteiger partial charge in [0.05, 0.1) is 0 Å². The second-order valence-corrected chi connectivity index (χ2v) is 4.09. The van der Waals surface area contributed by atoms with Crippen molar-refractivity contribution >= 4 is 32.5 Å². The Labute approximate surface area is 90.9 Å². The molecule has 14 heavy (non-hydrogen) atoms. The quantitative estimate of drug-likeness (QED) is 0.702. The minimum atomic E-state index is 0.104. The summed E-state index contributed by atoms with van der Waals surface area (Å²) >= 11 is 3.47. The topological polar surface area (TPSA) is 17.1 Å². The number of fused-ring (bicyclic) bond motifs is 1. The Hall–Kier alpha value is -1.15. The highest BCUT2D eigenvalue weighted by Gasteiger charge is 2.02. The third kappa shape index (κ3) is 1.58. The summed E-state index contributed by atoms with van der Waals surface area (Å²) < 4.78 is 1.06. The van der Waals surface area contributed by atoms with Crippen LogP contribution in [0.5, 0.6) is 0 Å². The number of hydrogen-bond donors (Lipinski definition) is 0. The highest BCUT2D eigenvalue weighted by atomic mass is 79.9. The lowest BCUT2D eigenvalue weighted by Crippen LogP contribution is -1.90. The van der Waals surface area contributed by atoms with E-state index >= 15 is 0 Å². The van der Waals surface area contributed by atoms with Gasteiger partial charge in [0.1, 0.15) is 0 Å². The predicted molar refractivity (Wildman–Crippen MR) is 61.7 cm³/mol. The molecule has 0 N–H and O–H groups in total. The van der Waals surface area contributed by atoms with E-state index in [0.717, 1.165) is 20.8 Å². The summed E-state index contributed by atoms with van der Waals surface area (Å²) in [6.07, 6.45) is 0. The second kappa shape index (κ2) is 3.54. The van der Waals surface area contributed by atoms with Crippen LogP contribution in [0.1, 0.15) is 17.3 Å². The van der Waals surface area contributed by atoms with Crippen LogP contribution in [0, 0.1) is 0 Å². The van der Waals surface area contributed by atoms with Gasteiger partial charge in [0.2, 0.25) is 0 Å². The molecule has 0 aromatic heterocycles. The van der Waals surface area contributed by atoms with Gasteiger partial charge >= 0.3 is 0 Å². The molecular formula is C12H9BrO. The molecule has 0 heterocycles. The fourth-order valence-corrected chi connectivity index (χ4v) is 1.98. The fourth-order valence-electron chi connectivity index (χ4n) is 1.46. The van der Waals surface area contributed by atoms with E-state index in [-0.39, 0.29) is 5.78 Å². The SMILES string of the molecule is CC(=O)c1ccc2c(Br)cccc2c1. The first-order valence-corrected chi connectivity index (χ1v) is 5.17. The molecule has 0 spiro atoms. The zero-order chi connectivity index (χ0) is 10.1. The molecule has 0 aliphatic rings. The molecule has 0 saturated carbocycles. The van der Waals surface area contributed by atoms with Crippen molar-refractivity contribution in [3.8, 4) is 0 Å². The minimum Gasteiger partial charge on any atom is -0.295 e. The molecule has 2 rings (SSSR count). The third-order valence-electron chi connectivity index (χ3n) is 2.23. The van der Waals surface area contributed by atoms with Crippen molar-refractivity contribution in [2.24, 2.45) is 0 Å². The first-order valence-electron chi connectivity index (χ1n) is 4.38. The Morgan fingerprint density at radius 1 is 1.21 bits per heavy atom. The molecule has 2 heteroatoms. The molecule has 0 unspecified atom stereocenters. The van der Waals surface area contributed by atoms with Crippen molar-refractivity contribution < 1.29 is 4.79 Å². The molecule has 0 aliphatic heterocycles. The van der Waals surface area contributed by atoms with Crippen molar-refractivity contribution in [2.75, 3.05) is 0 Å². The van der Waals surface area contributed by atoms with Crippen LogP contribution in [0.15, 0.2) is 40.9 Å². The summed E-state index contributed by atoms with van der Waals surface area (Å²) in [5.74, 6) is 0.104. The molecule has 70 valence electrons. The van der Waals surface area contributed by atoms with Gasteiger partial charge in [-0.3, -0.25) is 4.79 Å². The van der Waals surface area contributed by atoms with Crippen LogP contribution in [0.25, 0.3) is 10.8 Å². The Morgan fingerprint density at radius 3 is 2.71 bits per heavy atom. The lowest BCUT2D eigenvalue weighted by Gasteiger charge is -2.02. The van der Waals surface area contributed by atoms with Gasteiger partial charge in [0.15, 0.2) is 5.78 Å². The molecule has 0 amide bonds. The summed E-state index contributed by atoms with van der Waals surface area (Å²) in [7, 11) is 0. The number of halogens is 1.